The zero-order valence-electron chi connectivity index (χ0n) is 37.3. The molecule has 0 bridgehead atoms. The molecule has 1 atom stereocenters. The molecule has 0 amide bonds. The number of piperazine rings is 2. The number of nitro benzene ring substituents is 2. The van der Waals surface area contributed by atoms with Crippen LogP contribution in [0.5, 0.6) is 0 Å². The van der Waals surface area contributed by atoms with Gasteiger partial charge in [0.1, 0.15) is 10.7 Å². The molecule has 0 aliphatic carbocycles. The van der Waals surface area contributed by atoms with Gasteiger partial charge in [0, 0.05) is 110 Å². The number of hydrogen-bond donors (Lipinski definition) is 4. The number of ketones is 2. The van der Waals surface area contributed by atoms with E-state index in [4.69, 9.17) is 23.7 Å². The van der Waals surface area contributed by atoms with E-state index in [1.807, 2.05) is 31.2 Å². The van der Waals surface area contributed by atoms with Crippen molar-refractivity contribution < 1.29 is 19.4 Å². The Balaban J connectivity index is 0.000000237. The molecule has 0 radical (unpaired) electrons. The summed E-state index contributed by atoms with van der Waals surface area (Å²) in [4.78, 5) is 62.2. The van der Waals surface area contributed by atoms with E-state index < -0.39 is 15.6 Å². The topological polar surface area (TPSA) is 235 Å². The SMILES string of the molecule is CCSC(N)=NC(=S)Nc1ccc(N2CCN(C)CC2)cc1.CN1CCN(c2ccc(Nc3nc(N)c(C(=O)c4cccc([N+](=O)[O-])c4)s3)cc2)CC1.O=C(CBr)c1cccc([N+](=O)[O-])c1.P. The largest absolute Gasteiger partial charge is 0.382 e. The van der Waals surface area contributed by atoms with Crippen LogP contribution in [0.2, 0.25) is 0 Å². The Kier molecular flexibility index (Phi) is 21.5. The number of likely N-dealkylation sites (N-methyl/N-ethyl adjacent to an activating group) is 2. The lowest BCUT2D eigenvalue weighted by atomic mass is 10.1. The van der Waals surface area contributed by atoms with Crippen LogP contribution in [0.3, 0.4) is 0 Å². The standard InChI is InChI=1S/C21H22N6O3S.C15H23N5S2.C8H6BrNO3.H3P/c1-25-9-11-26(12-10-25)16-7-5-15(6-8-16)23-21-24-20(22)19(31-21)18(28)14-3-2-4-17(13-14)27(29)30;1-3-22-14(16)18-15(21)17-12-4-6-13(7-5-12)20-10-8-19(2)9-11-20;9-5-8(11)6-2-1-3-7(4-6)10(12)13;/h2-8,13H,9-12,22H2,1H3,(H,23,24);4-7H,3,8-11H2,1-2H3,(H3,16,17,18,21);1-4H,5H2;1H3. The highest BCUT2D eigenvalue weighted by molar-refractivity contribution is 9.09. The lowest BCUT2D eigenvalue weighted by molar-refractivity contribution is -0.385. The molecule has 0 spiro atoms. The number of rotatable bonds is 12. The van der Waals surface area contributed by atoms with Crippen LogP contribution in [0.1, 0.15) is 32.5 Å². The number of thiocarbonyl (C=S) groups is 1. The minimum absolute atomic E-state index is 0. The maximum absolute atomic E-state index is 12.8. The number of non-ortho nitro benzene ring substituents is 2. The molecule has 2 fully saturated rings. The summed E-state index contributed by atoms with van der Waals surface area (Å²) in [6, 6.07) is 27.6. The van der Waals surface area contributed by atoms with Gasteiger partial charge < -0.3 is 41.7 Å². The van der Waals surface area contributed by atoms with Crippen molar-refractivity contribution in [1.29, 1.82) is 0 Å². The summed E-state index contributed by atoms with van der Waals surface area (Å²) < 4.78 is 0. The van der Waals surface area contributed by atoms with Gasteiger partial charge >= 0.3 is 0 Å². The first-order valence-corrected chi connectivity index (χ1v) is 24.0. The lowest BCUT2D eigenvalue weighted by Gasteiger charge is -2.34. The average Bonchev–Trinajstić information content (AvgIpc) is 3.69. The van der Waals surface area contributed by atoms with Crippen LogP contribution in [0.4, 0.5) is 45.1 Å². The van der Waals surface area contributed by atoms with Gasteiger partial charge in [0.25, 0.3) is 11.4 Å². The Morgan fingerprint density at radius 2 is 1.28 bits per heavy atom. The summed E-state index contributed by atoms with van der Waals surface area (Å²) in [6.45, 7) is 10.4. The van der Waals surface area contributed by atoms with Gasteiger partial charge in [-0.3, -0.25) is 29.8 Å². The van der Waals surface area contributed by atoms with Crippen molar-refractivity contribution in [1.82, 2.24) is 14.8 Å². The minimum atomic E-state index is -0.536. The number of thioether (sulfide) groups is 1. The number of nitrogen functional groups attached to an aromatic ring is 1. The summed E-state index contributed by atoms with van der Waals surface area (Å²) in [5, 5.41) is 29.1. The highest BCUT2D eigenvalue weighted by Gasteiger charge is 2.21. The molecule has 356 valence electrons. The second kappa shape index (κ2) is 26.7. The molecule has 6 N–H and O–H groups in total. The van der Waals surface area contributed by atoms with Crippen LogP contribution in [0, 0.1) is 20.2 Å². The maximum Gasteiger partial charge on any atom is 0.270 e. The number of nitrogens with two attached hydrogens (primary N) is 2. The van der Waals surface area contributed by atoms with Crippen molar-refractivity contribution in [2.75, 3.05) is 104 Å². The van der Waals surface area contributed by atoms with Gasteiger partial charge in [-0.15, -0.1) is 0 Å². The van der Waals surface area contributed by atoms with Gasteiger partial charge in [0.05, 0.1) is 15.2 Å². The molecule has 1 aromatic heterocycles. The van der Waals surface area contributed by atoms with Crippen LogP contribution < -0.4 is 31.9 Å². The number of hydrogen-bond acceptors (Lipinski definition) is 16. The molecule has 3 heterocycles. The smallest absolute Gasteiger partial charge is 0.270 e. The van der Waals surface area contributed by atoms with E-state index in [9.17, 15) is 29.8 Å². The average molecular weight is 1050 g/mol. The minimum Gasteiger partial charge on any atom is -0.382 e. The number of Topliss-reactive ketones (excluding diaryl/α,β-unsaturated/α-hetero) is 1. The number of aromatic nitrogens is 1. The normalized spacial score (nSPS) is 14.0. The summed E-state index contributed by atoms with van der Waals surface area (Å²) in [5.41, 5.74) is 16.2. The van der Waals surface area contributed by atoms with Crippen LogP contribution in [-0.4, -0.2) is 124 Å². The number of nitrogens with one attached hydrogen (secondary N) is 2. The monoisotopic (exact) mass is 1050 g/mol. The Morgan fingerprint density at radius 1 is 0.806 bits per heavy atom. The van der Waals surface area contributed by atoms with Crippen LogP contribution in [0.15, 0.2) is 102 Å². The molecule has 23 heteroatoms. The van der Waals surface area contributed by atoms with Crippen LogP contribution >= 0.6 is 61.1 Å². The van der Waals surface area contributed by atoms with E-state index in [1.165, 1.54) is 65.6 Å². The van der Waals surface area contributed by atoms with E-state index in [-0.39, 0.29) is 48.6 Å². The number of amidine groups is 1. The first-order valence-electron chi connectivity index (χ1n) is 20.6. The Hall–Kier alpha value is -5.61. The Morgan fingerprint density at radius 3 is 1.76 bits per heavy atom. The molecule has 2 saturated heterocycles. The number of carbonyl (C=O) groups is 2. The van der Waals surface area contributed by atoms with Crippen molar-refractivity contribution in [3.05, 3.63) is 133 Å². The second-order valence-electron chi connectivity index (χ2n) is 14.8. The number of anilines is 6. The summed E-state index contributed by atoms with van der Waals surface area (Å²) in [7, 11) is 4.29. The zero-order valence-corrected chi connectivity index (χ0v) is 42.8. The van der Waals surface area contributed by atoms with Crippen LogP contribution in [-0.2, 0) is 0 Å². The molecular formula is C44H54BrN12O6PS3. The third-order valence-corrected chi connectivity index (χ3v) is 12.5. The van der Waals surface area contributed by atoms with E-state index in [2.05, 4.69) is 94.5 Å². The highest BCUT2D eigenvalue weighted by Crippen LogP contribution is 2.31. The third kappa shape index (κ3) is 16.6. The van der Waals surface area contributed by atoms with Crippen molar-refractivity contribution in [3.8, 4) is 0 Å². The molecule has 18 nitrogen and oxygen atoms in total. The second-order valence-corrected chi connectivity index (χ2v) is 18.1. The van der Waals surface area contributed by atoms with Gasteiger partial charge in [0.15, 0.2) is 21.2 Å². The van der Waals surface area contributed by atoms with Gasteiger partial charge in [-0.2, -0.15) is 14.9 Å². The predicted molar refractivity (Wildman–Crippen MR) is 287 cm³/mol. The molecule has 2 aliphatic rings. The number of alkyl halides is 1. The molecule has 0 saturated carbocycles. The fourth-order valence-corrected chi connectivity index (χ4v) is 8.42. The van der Waals surface area contributed by atoms with Crippen molar-refractivity contribution in [2.45, 2.75) is 6.92 Å². The van der Waals surface area contributed by atoms with Crippen LogP contribution in [0.25, 0.3) is 0 Å². The van der Waals surface area contributed by atoms with Gasteiger partial charge in [-0.1, -0.05) is 70.2 Å². The predicted octanol–water partition coefficient (Wildman–Crippen LogP) is 7.79. The molecule has 1 unspecified atom stereocenters. The fraction of sp³-hybridized carbons (Fsp3) is 0.295. The molecule has 5 aromatic rings. The maximum atomic E-state index is 12.8. The first kappa shape index (κ1) is 54.0. The zero-order chi connectivity index (χ0) is 47.8. The third-order valence-electron chi connectivity index (χ3n) is 10.2. The molecule has 7 rings (SSSR count). The van der Waals surface area contributed by atoms with E-state index in [0.29, 0.717) is 21.0 Å². The van der Waals surface area contributed by atoms with Crippen molar-refractivity contribution in [2.24, 2.45) is 10.7 Å². The number of nitro groups is 2. The Labute approximate surface area is 414 Å². The van der Waals surface area contributed by atoms with Gasteiger partial charge in [0.2, 0.25) is 5.78 Å². The number of thiazole rings is 1. The molecule has 67 heavy (non-hydrogen) atoms. The first-order chi connectivity index (χ1) is 31.6. The quantitative estimate of drug-likeness (QED) is 0.0136. The number of aliphatic imine (C=N–C) groups is 1. The van der Waals surface area contributed by atoms with E-state index in [1.54, 1.807) is 6.07 Å². The van der Waals surface area contributed by atoms with E-state index >= 15 is 0 Å². The highest BCUT2D eigenvalue weighted by atomic mass is 79.9. The van der Waals surface area contributed by atoms with Gasteiger partial charge in [-0.05, 0) is 80.6 Å². The number of halogens is 1. The fourth-order valence-electron chi connectivity index (χ4n) is 6.51. The van der Waals surface area contributed by atoms with Crippen molar-refractivity contribution in [3.63, 3.8) is 0 Å². The number of nitrogens with zero attached hydrogens (tertiary/aromatic N) is 8. The van der Waals surface area contributed by atoms with Crippen molar-refractivity contribution >= 4 is 128 Å². The number of benzene rings is 4. The molecular weight excluding hydrogens is 1000 g/mol. The molecule has 2 aliphatic heterocycles. The Bertz CT molecular complexity index is 2500. The van der Waals surface area contributed by atoms with Gasteiger partial charge in [-0.25, -0.2) is 4.98 Å². The summed E-state index contributed by atoms with van der Waals surface area (Å²) >= 11 is 10.8. The summed E-state index contributed by atoms with van der Waals surface area (Å²) in [6.07, 6.45) is 0. The lowest BCUT2D eigenvalue weighted by Crippen LogP contribution is -2.44. The summed E-state index contributed by atoms with van der Waals surface area (Å²) in [5.74, 6) is 0.427. The molecule has 4 aromatic carbocycles. The number of carbonyl (C=O) groups excluding carboxylic acids is 2. The van der Waals surface area contributed by atoms with E-state index in [0.717, 1.165) is 80.8 Å².